The summed E-state index contributed by atoms with van der Waals surface area (Å²) in [5.74, 6) is 0.780. The third kappa shape index (κ3) is 3.33. The molecule has 0 atom stereocenters. The number of halogens is 1. The molecule has 6 nitrogen and oxygen atoms in total. The average Bonchev–Trinajstić information content (AvgIpc) is 3.32. The summed E-state index contributed by atoms with van der Waals surface area (Å²) < 4.78 is 9.52. The molecule has 3 aromatic heterocycles. The van der Waals surface area contributed by atoms with Crippen molar-refractivity contribution in [3.63, 3.8) is 0 Å². The van der Waals surface area contributed by atoms with Crippen LogP contribution in [0, 0.1) is 13.8 Å². The Morgan fingerprint density at radius 2 is 1.94 bits per heavy atom. The molecule has 0 saturated carbocycles. The van der Waals surface area contributed by atoms with Crippen LogP contribution in [0.5, 0.6) is 0 Å². The van der Waals surface area contributed by atoms with E-state index in [-0.39, 0.29) is 5.56 Å². The van der Waals surface area contributed by atoms with E-state index in [1.165, 1.54) is 4.68 Å². The first-order valence-corrected chi connectivity index (χ1v) is 10.8. The number of furan rings is 1. The van der Waals surface area contributed by atoms with E-state index in [0.717, 1.165) is 28.9 Å². The van der Waals surface area contributed by atoms with Gasteiger partial charge in [0.15, 0.2) is 5.76 Å². The highest BCUT2D eigenvalue weighted by atomic mass is 35.5. The summed E-state index contributed by atoms with van der Waals surface area (Å²) in [5, 5.41) is 6.49. The molecule has 0 aliphatic rings. The Balaban J connectivity index is 1.73. The summed E-state index contributed by atoms with van der Waals surface area (Å²) in [4.78, 5) is 18.1. The molecule has 0 aliphatic carbocycles. The van der Waals surface area contributed by atoms with Gasteiger partial charge in [-0.1, -0.05) is 23.7 Å². The van der Waals surface area contributed by atoms with E-state index in [9.17, 15) is 4.79 Å². The zero-order valence-electron chi connectivity index (χ0n) is 18.0. The van der Waals surface area contributed by atoms with Gasteiger partial charge in [-0.2, -0.15) is 9.78 Å². The molecule has 0 amide bonds. The summed E-state index contributed by atoms with van der Waals surface area (Å²) in [6.07, 6.45) is 1.70. The van der Waals surface area contributed by atoms with E-state index in [1.807, 2.05) is 37.3 Å². The van der Waals surface area contributed by atoms with Crippen LogP contribution in [-0.2, 0) is 6.54 Å². The smallest absolute Gasteiger partial charge is 0.282 e. The molecule has 0 spiro atoms. The van der Waals surface area contributed by atoms with E-state index >= 15 is 0 Å². The first-order valence-electron chi connectivity index (χ1n) is 10.4. The molecule has 2 aromatic carbocycles. The second-order valence-corrected chi connectivity index (χ2v) is 8.11. The molecule has 0 N–H and O–H groups in total. The molecule has 0 fully saturated rings. The zero-order valence-corrected chi connectivity index (χ0v) is 18.7. The Labute approximate surface area is 189 Å². The minimum absolute atomic E-state index is 0.260. The van der Waals surface area contributed by atoms with Gasteiger partial charge in [0, 0.05) is 33.9 Å². The first kappa shape index (κ1) is 20.3. The van der Waals surface area contributed by atoms with Crippen LogP contribution in [0.4, 0.5) is 0 Å². The van der Waals surface area contributed by atoms with Gasteiger partial charge in [-0.15, -0.1) is 0 Å². The lowest BCUT2D eigenvalue weighted by Gasteiger charge is -2.07. The van der Waals surface area contributed by atoms with Crippen LogP contribution in [0.2, 0.25) is 5.02 Å². The fourth-order valence-electron chi connectivity index (χ4n) is 4.08. The number of para-hydroxylation sites is 1. The van der Waals surface area contributed by atoms with Gasteiger partial charge >= 0.3 is 0 Å². The molecular formula is C25H21ClN4O2. The number of benzene rings is 2. The van der Waals surface area contributed by atoms with Crippen LogP contribution in [0.1, 0.15) is 23.9 Å². The lowest BCUT2D eigenvalue weighted by atomic mass is 10.2. The van der Waals surface area contributed by atoms with Gasteiger partial charge in [-0.3, -0.25) is 4.79 Å². The number of rotatable bonds is 4. The Bertz CT molecular complexity index is 1570. The SMILES string of the molecule is CCn1c(C)cc(C=Nn2c(-c3cc4cc(Cl)ccc4o3)nc3ccccc3c2=O)c1C. The van der Waals surface area contributed by atoms with E-state index < -0.39 is 0 Å². The molecule has 0 aliphatic heterocycles. The van der Waals surface area contributed by atoms with Crippen molar-refractivity contribution in [2.75, 3.05) is 0 Å². The maximum atomic E-state index is 13.4. The van der Waals surface area contributed by atoms with Gasteiger partial charge in [0.25, 0.3) is 5.56 Å². The lowest BCUT2D eigenvalue weighted by molar-refractivity contribution is 0.616. The Morgan fingerprint density at radius 3 is 2.72 bits per heavy atom. The minimum Gasteiger partial charge on any atom is -0.453 e. The van der Waals surface area contributed by atoms with Crippen LogP contribution >= 0.6 is 11.6 Å². The molecule has 5 rings (SSSR count). The molecule has 0 radical (unpaired) electrons. The number of hydrogen-bond acceptors (Lipinski definition) is 4. The van der Waals surface area contributed by atoms with Crippen LogP contribution in [-0.4, -0.2) is 20.4 Å². The monoisotopic (exact) mass is 444 g/mol. The summed E-state index contributed by atoms with van der Waals surface area (Å²) in [7, 11) is 0. The van der Waals surface area contributed by atoms with Crippen LogP contribution in [0.15, 0.2) is 68.9 Å². The normalized spacial score (nSPS) is 11.9. The Kier molecular flexibility index (Phi) is 4.94. The summed E-state index contributed by atoms with van der Waals surface area (Å²) in [5.41, 5.74) is 4.17. The van der Waals surface area contributed by atoms with Gasteiger partial charge in [-0.05, 0) is 63.2 Å². The molecule has 7 heteroatoms. The summed E-state index contributed by atoms with van der Waals surface area (Å²) in [6, 6.07) is 16.5. The first-order chi connectivity index (χ1) is 15.5. The number of aryl methyl sites for hydroxylation is 1. The predicted molar refractivity (Wildman–Crippen MR) is 129 cm³/mol. The third-order valence-electron chi connectivity index (χ3n) is 5.69. The number of hydrogen-bond donors (Lipinski definition) is 0. The highest BCUT2D eigenvalue weighted by molar-refractivity contribution is 6.31. The summed E-state index contributed by atoms with van der Waals surface area (Å²) in [6.45, 7) is 7.08. The highest BCUT2D eigenvalue weighted by Crippen LogP contribution is 2.29. The second-order valence-electron chi connectivity index (χ2n) is 7.68. The van der Waals surface area contributed by atoms with Crippen molar-refractivity contribution in [1.82, 2.24) is 14.2 Å². The van der Waals surface area contributed by atoms with Crippen molar-refractivity contribution < 1.29 is 4.42 Å². The molecule has 5 aromatic rings. The largest absolute Gasteiger partial charge is 0.453 e. The van der Waals surface area contributed by atoms with Gasteiger partial charge in [-0.25, -0.2) is 4.98 Å². The highest BCUT2D eigenvalue weighted by Gasteiger charge is 2.17. The van der Waals surface area contributed by atoms with Gasteiger partial charge < -0.3 is 8.98 Å². The van der Waals surface area contributed by atoms with E-state index in [4.69, 9.17) is 21.0 Å². The second kappa shape index (κ2) is 7.80. The Morgan fingerprint density at radius 1 is 1.12 bits per heavy atom. The minimum atomic E-state index is -0.260. The molecular weight excluding hydrogens is 424 g/mol. The van der Waals surface area contributed by atoms with Crippen molar-refractivity contribution in [3.8, 4) is 11.6 Å². The summed E-state index contributed by atoms with van der Waals surface area (Å²) >= 11 is 6.13. The maximum Gasteiger partial charge on any atom is 0.282 e. The molecule has 3 heterocycles. The molecule has 0 bridgehead atoms. The van der Waals surface area contributed by atoms with E-state index in [2.05, 4.69) is 29.6 Å². The molecule has 0 unspecified atom stereocenters. The van der Waals surface area contributed by atoms with E-state index in [1.54, 1.807) is 24.4 Å². The van der Waals surface area contributed by atoms with Crippen molar-refractivity contribution in [1.29, 1.82) is 0 Å². The van der Waals surface area contributed by atoms with Crippen LogP contribution < -0.4 is 5.56 Å². The molecule has 32 heavy (non-hydrogen) atoms. The number of aromatic nitrogens is 3. The van der Waals surface area contributed by atoms with E-state index in [0.29, 0.717) is 33.1 Å². The molecule has 0 saturated heterocycles. The van der Waals surface area contributed by atoms with Crippen molar-refractivity contribution in [2.24, 2.45) is 5.10 Å². The van der Waals surface area contributed by atoms with Crippen molar-refractivity contribution >= 4 is 39.7 Å². The lowest BCUT2D eigenvalue weighted by Crippen LogP contribution is -2.20. The topological polar surface area (TPSA) is 65.3 Å². The number of fused-ring (bicyclic) bond motifs is 2. The van der Waals surface area contributed by atoms with Crippen LogP contribution in [0.25, 0.3) is 33.5 Å². The fraction of sp³-hybridized carbons (Fsp3) is 0.160. The van der Waals surface area contributed by atoms with Gasteiger partial charge in [0.2, 0.25) is 5.82 Å². The molecule has 160 valence electrons. The van der Waals surface area contributed by atoms with Crippen molar-refractivity contribution in [3.05, 3.63) is 86.9 Å². The van der Waals surface area contributed by atoms with Gasteiger partial charge in [0.05, 0.1) is 17.1 Å². The average molecular weight is 445 g/mol. The van der Waals surface area contributed by atoms with Gasteiger partial charge in [0.1, 0.15) is 5.58 Å². The maximum absolute atomic E-state index is 13.4. The number of nitrogens with zero attached hydrogens (tertiary/aromatic N) is 4. The predicted octanol–water partition coefficient (Wildman–Crippen LogP) is 5.78. The third-order valence-corrected chi connectivity index (χ3v) is 5.93. The standard InChI is InChI=1S/C25H21ClN4O2/c1-4-29-15(2)11-18(16(29)3)14-27-30-24(28-21-8-6-5-7-20(21)25(30)31)23-13-17-12-19(26)9-10-22(17)32-23/h5-14H,4H2,1-3H3. The van der Waals surface area contributed by atoms with Crippen LogP contribution in [0.3, 0.4) is 0 Å². The quantitative estimate of drug-likeness (QED) is 0.330. The van der Waals surface area contributed by atoms with Crippen molar-refractivity contribution in [2.45, 2.75) is 27.3 Å². The Hall–Kier alpha value is -3.64. The fourth-order valence-corrected chi connectivity index (χ4v) is 4.26. The zero-order chi connectivity index (χ0) is 22.4.